The summed E-state index contributed by atoms with van der Waals surface area (Å²) in [6, 6.07) is 9.33. The number of ketones is 1. The van der Waals surface area contributed by atoms with E-state index in [1.54, 1.807) is 0 Å². The molecule has 0 aliphatic carbocycles. The minimum Gasteiger partial charge on any atom is -0.361 e. The molecule has 1 heterocycles. The van der Waals surface area contributed by atoms with Gasteiger partial charge in [-0.15, -0.1) is 0 Å². The van der Waals surface area contributed by atoms with Crippen LogP contribution in [0.25, 0.3) is 0 Å². The van der Waals surface area contributed by atoms with Crippen molar-refractivity contribution in [1.82, 2.24) is 0 Å². The van der Waals surface area contributed by atoms with Crippen molar-refractivity contribution in [3.05, 3.63) is 35.9 Å². The third kappa shape index (κ3) is 1.70. The van der Waals surface area contributed by atoms with Gasteiger partial charge in [0.1, 0.15) is 6.10 Å². The maximum atomic E-state index is 11.8. The van der Waals surface area contributed by atoms with Gasteiger partial charge in [-0.05, 0) is 5.92 Å². The van der Waals surface area contributed by atoms with Crippen LogP contribution in [0.1, 0.15) is 24.2 Å². The third-order valence-corrected chi connectivity index (χ3v) is 2.50. The normalized spacial score (nSPS) is 25.1. The topological polar surface area (TPSA) is 29.6 Å². The van der Waals surface area contributed by atoms with E-state index in [9.17, 15) is 4.79 Å². The van der Waals surface area contributed by atoms with Crippen LogP contribution >= 0.6 is 0 Å². The molecule has 0 spiro atoms. The number of hydrogen-bond donors (Lipinski definition) is 0. The molecule has 0 aromatic heterocycles. The predicted octanol–water partition coefficient (Wildman–Crippen LogP) is 2.29. The van der Waals surface area contributed by atoms with E-state index in [1.807, 2.05) is 30.3 Å². The van der Waals surface area contributed by atoms with Gasteiger partial charge in [0.25, 0.3) is 0 Å². The van der Waals surface area contributed by atoms with Gasteiger partial charge in [0, 0.05) is 5.56 Å². The summed E-state index contributed by atoms with van der Waals surface area (Å²) >= 11 is 0. The van der Waals surface area contributed by atoms with Crippen molar-refractivity contribution in [3.63, 3.8) is 0 Å². The Labute approximate surface area is 83.9 Å². The van der Waals surface area contributed by atoms with Gasteiger partial charge in [-0.1, -0.05) is 44.2 Å². The van der Waals surface area contributed by atoms with E-state index in [-0.39, 0.29) is 18.0 Å². The van der Waals surface area contributed by atoms with Crippen molar-refractivity contribution in [2.75, 3.05) is 0 Å². The summed E-state index contributed by atoms with van der Waals surface area (Å²) in [6.45, 7) is 4.14. The molecule has 0 amide bonds. The number of ether oxygens (including phenoxy) is 1. The standard InChI is InChI=1S/C12H14O2/c1-8(2)11-12(14-11)10(13)9-6-4-3-5-7-9/h3-8,11-12H,1-2H3. The number of carbonyl (C=O) groups excluding carboxylic acids is 1. The molecule has 1 aliphatic heterocycles. The van der Waals surface area contributed by atoms with Gasteiger partial charge in [-0.2, -0.15) is 0 Å². The molecule has 2 nitrogen and oxygen atoms in total. The molecule has 1 fully saturated rings. The average molecular weight is 190 g/mol. The van der Waals surface area contributed by atoms with Crippen LogP contribution in [0.2, 0.25) is 0 Å². The lowest BCUT2D eigenvalue weighted by molar-refractivity contribution is 0.0953. The molecular weight excluding hydrogens is 176 g/mol. The Morgan fingerprint density at radius 1 is 1.29 bits per heavy atom. The smallest absolute Gasteiger partial charge is 0.194 e. The summed E-state index contributed by atoms with van der Waals surface area (Å²) < 4.78 is 5.35. The average Bonchev–Trinajstić information content (AvgIpc) is 2.97. The number of Topliss-reactive ketones (excluding diaryl/α,β-unsaturated/α-hetero) is 1. The summed E-state index contributed by atoms with van der Waals surface area (Å²) in [5, 5.41) is 0. The Morgan fingerprint density at radius 3 is 2.43 bits per heavy atom. The van der Waals surface area contributed by atoms with Crippen LogP contribution < -0.4 is 0 Å². The van der Waals surface area contributed by atoms with Gasteiger partial charge >= 0.3 is 0 Å². The fourth-order valence-electron chi connectivity index (χ4n) is 1.61. The van der Waals surface area contributed by atoms with Crippen LogP contribution in [-0.2, 0) is 4.74 Å². The summed E-state index contributed by atoms with van der Waals surface area (Å²) in [5.74, 6) is 0.539. The Hall–Kier alpha value is -1.15. The SMILES string of the molecule is CC(C)C1OC1C(=O)c1ccccc1. The highest BCUT2D eigenvalue weighted by molar-refractivity contribution is 6.01. The fourth-order valence-corrected chi connectivity index (χ4v) is 1.61. The van der Waals surface area contributed by atoms with Crippen LogP contribution in [0.3, 0.4) is 0 Å². The van der Waals surface area contributed by atoms with Crippen LogP contribution in [0.4, 0.5) is 0 Å². The third-order valence-electron chi connectivity index (χ3n) is 2.50. The van der Waals surface area contributed by atoms with Crippen LogP contribution in [-0.4, -0.2) is 18.0 Å². The van der Waals surface area contributed by atoms with Crippen LogP contribution in [0.15, 0.2) is 30.3 Å². The Kier molecular flexibility index (Phi) is 2.38. The zero-order valence-corrected chi connectivity index (χ0v) is 8.44. The molecule has 2 heteroatoms. The molecular formula is C12H14O2. The lowest BCUT2D eigenvalue weighted by Gasteiger charge is -1.98. The second-order valence-corrected chi connectivity index (χ2v) is 4.00. The van der Waals surface area contributed by atoms with E-state index < -0.39 is 0 Å². The minimum absolute atomic E-state index is 0.115. The molecule has 0 radical (unpaired) electrons. The predicted molar refractivity (Wildman–Crippen MR) is 54.3 cm³/mol. The first-order chi connectivity index (χ1) is 6.70. The van der Waals surface area contributed by atoms with Crippen molar-refractivity contribution in [1.29, 1.82) is 0 Å². The second kappa shape index (κ2) is 3.54. The molecule has 1 saturated heterocycles. The number of carbonyl (C=O) groups is 1. The molecule has 1 aromatic carbocycles. The fraction of sp³-hybridized carbons (Fsp3) is 0.417. The van der Waals surface area contributed by atoms with E-state index in [0.29, 0.717) is 5.92 Å². The first kappa shape index (κ1) is 9.41. The zero-order chi connectivity index (χ0) is 10.1. The van der Waals surface area contributed by atoms with E-state index >= 15 is 0 Å². The number of benzene rings is 1. The van der Waals surface area contributed by atoms with Gasteiger partial charge in [0.15, 0.2) is 5.78 Å². The van der Waals surface area contributed by atoms with Crippen molar-refractivity contribution in [3.8, 4) is 0 Å². The zero-order valence-electron chi connectivity index (χ0n) is 8.44. The number of hydrogen-bond acceptors (Lipinski definition) is 2. The van der Waals surface area contributed by atoms with E-state index in [1.165, 1.54) is 0 Å². The molecule has 2 rings (SSSR count). The van der Waals surface area contributed by atoms with E-state index in [2.05, 4.69) is 13.8 Å². The largest absolute Gasteiger partial charge is 0.361 e. The van der Waals surface area contributed by atoms with E-state index in [4.69, 9.17) is 4.74 Å². The molecule has 1 aliphatic rings. The Balaban J connectivity index is 2.05. The van der Waals surface area contributed by atoms with Crippen molar-refractivity contribution < 1.29 is 9.53 Å². The highest BCUT2D eigenvalue weighted by Crippen LogP contribution is 2.31. The maximum absolute atomic E-state index is 11.8. The van der Waals surface area contributed by atoms with Gasteiger partial charge in [0.05, 0.1) is 6.10 Å². The minimum atomic E-state index is -0.197. The van der Waals surface area contributed by atoms with Crippen molar-refractivity contribution >= 4 is 5.78 Å². The van der Waals surface area contributed by atoms with Crippen LogP contribution in [0, 0.1) is 5.92 Å². The maximum Gasteiger partial charge on any atom is 0.194 e. The van der Waals surface area contributed by atoms with Gasteiger partial charge in [-0.3, -0.25) is 4.79 Å². The summed E-state index contributed by atoms with van der Waals surface area (Å²) in [4.78, 5) is 11.8. The first-order valence-corrected chi connectivity index (χ1v) is 4.95. The molecule has 2 unspecified atom stereocenters. The highest BCUT2D eigenvalue weighted by Gasteiger charge is 2.46. The van der Waals surface area contributed by atoms with Gasteiger partial charge in [-0.25, -0.2) is 0 Å². The highest BCUT2D eigenvalue weighted by atomic mass is 16.6. The van der Waals surface area contributed by atoms with Crippen LogP contribution in [0.5, 0.6) is 0 Å². The van der Waals surface area contributed by atoms with Crippen molar-refractivity contribution in [2.24, 2.45) is 5.92 Å². The summed E-state index contributed by atoms with van der Waals surface area (Å²) in [7, 11) is 0. The lowest BCUT2D eigenvalue weighted by atomic mass is 10.0. The summed E-state index contributed by atoms with van der Waals surface area (Å²) in [5.41, 5.74) is 0.751. The Bertz CT molecular complexity index is 329. The first-order valence-electron chi connectivity index (χ1n) is 4.95. The number of rotatable bonds is 3. The summed E-state index contributed by atoms with van der Waals surface area (Å²) in [6.07, 6.45) is -0.0693. The molecule has 2 atom stereocenters. The molecule has 0 saturated carbocycles. The van der Waals surface area contributed by atoms with Gasteiger partial charge in [0.2, 0.25) is 0 Å². The lowest BCUT2D eigenvalue weighted by Crippen LogP contribution is -2.13. The quantitative estimate of drug-likeness (QED) is 0.540. The molecule has 0 N–H and O–H groups in total. The molecule has 74 valence electrons. The van der Waals surface area contributed by atoms with Gasteiger partial charge < -0.3 is 4.74 Å². The van der Waals surface area contributed by atoms with Crippen molar-refractivity contribution in [2.45, 2.75) is 26.1 Å². The molecule has 1 aromatic rings. The molecule has 0 bridgehead atoms. The Morgan fingerprint density at radius 2 is 1.93 bits per heavy atom. The molecule has 14 heavy (non-hydrogen) atoms. The van der Waals surface area contributed by atoms with E-state index in [0.717, 1.165) is 5.56 Å². The monoisotopic (exact) mass is 190 g/mol. The number of epoxide rings is 1. The second-order valence-electron chi connectivity index (χ2n) is 4.00.